The molecule has 0 saturated carbocycles. The highest BCUT2D eigenvalue weighted by Crippen LogP contribution is 2.27. The second-order valence-corrected chi connectivity index (χ2v) is 8.93. The van der Waals surface area contributed by atoms with Gasteiger partial charge in [-0.15, -0.1) is 0 Å². The van der Waals surface area contributed by atoms with Crippen LogP contribution < -0.4 is 4.74 Å². The molecule has 0 bridgehead atoms. The van der Waals surface area contributed by atoms with Gasteiger partial charge in [-0.2, -0.15) is 0 Å². The van der Waals surface area contributed by atoms with Crippen LogP contribution in [0.25, 0.3) is 0 Å². The first kappa shape index (κ1) is 22.9. The lowest BCUT2D eigenvalue weighted by Gasteiger charge is -2.26. The van der Waals surface area contributed by atoms with Crippen LogP contribution in [0.4, 0.5) is 0 Å². The molecule has 1 aliphatic rings. The molecule has 0 saturated heterocycles. The number of hydrogen-bond acceptors (Lipinski definition) is 6. The molecule has 2 rings (SSSR count). The van der Waals surface area contributed by atoms with Crippen molar-refractivity contribution in [2.75, 3.05) is 34.4 Å². The molecule has 0 heterocycles. The number of nitrogens with zero attached hydrogens (tertiary/aromatic N) is 2. The quantitative estimate of drug-likeness (QED) is 0.595. The van der Waals surface area contributed by atoms with Crippen LogP contribution in [0, 0.1) is 0 Å². The number of sulfonamides is 1. The topological polar surface area (TPSA) is 93.2 Å². The minimum atomic E-state index is -3.82. The first-order valence-corrected chi connectivity index (χ1v) is 10.9. The van der Waals surface area contributed by atoms with Gasteiger partial charge in [-0.1, -0.05) is 6.08 Å². The first-order chi connectivity index (χ1) is 13.7. The predicted molar refractivity (Wildman–Crippen MR) is 108 cm³/mol. The van der Waals surface area contributed by atoms with Gasteiger partial charge in [0.15, 0.2) is 6.61 Å². The van der Waals surface area contributed by atoms with E-state index in [4.69, 9.17) is 9.47 Å². The highest BCUT2D eigenvalue weighted by molar-refractivity contribution is 7.89. The maximum atomic E-state index is 12.5. The van der Waals surface area contributed by atoms with E-state index in [2.05, 4.69) is 6.08 Å². The van der Waals surface area contributed by atoms with Gasteiger partial charge in [-0.25, -0.2) is 17.5 Å². The van der Waals surface area contributed by atoms with Gasteiger partial charge < -0.3 is 14.4 Å². The Hall–Kier alpha value is -2.39. The summed E-state index contributed by atoms with van der Waals surface area (Å²) < 4.78 is 36.3. The van der Waals surface area contributed by atoms with E-state index in [0.717, 1.165) is 35.7 Å². The van der Waals surface area contributed by atoms with Crippen LogP contribution in [0.3, 0.4) is 0 Å². The number of allylic oxidation sites excluding steroid dienone is 2. The molecule has 0 aromatic heterocycles. The van der Waals surface area contributed by atoms with Crippen LogP contribution in [0.1, 0.15) is 43.0 Å². The number of benzene rings is 1. The molecule has 0 fully saturated rings. The van der Waals surface area contributed by atoms with Gasteiger partial charge >= 0.3 is 5.97 Å². The summed E-state index contributed by atoms with van der Waals surface area (Å²) in [4.78, 5) is 26.4. The van der Waals surface area contributed by atoms with E-state index >= 15 is 0 Å². The molecule has 8 nitrogen and oxygen atoms in total. The molecule has 29 heavy (non-hydrogen) atoms. The van der Waals surface area contributed by atoms with Crippen LogP contribution in [0.2, 0.25) is 0 Å². The number of amides is 1. The lowest BCUT2D eigenvalue weighted by Crippen LogP contribution is -2.34. The fourth-order valence-corrected chi connectivity index (χ4v) is 4.17. The molecule has 0 atom stereocenters. The molecule has 0 spiro atoms. The smallest absolute Gasteiger partial charge is 0.338 e. The molecule has 0 radical (unpaired) electrons. The first-order valence-electron chi connectivity index (χ1n) is 9.49. The summed E-state index contributed by atoms with van der Waals surface area (Å²) >= 11 is 0. The Morgan fingerprint density at radius 3 is 2.45 bits per heavy atom. The van der Waals surface area contributed by atoms with Crippen LogP contribution in [0.15, 0.2) is 34.9 Å². The predicted octanol–water partition coefficient (Wildman–Crippen LogP) is 2.41. The number of rotatable bonds is 8. The van der Waals surface area contributed by atoms with Gasteiger partial charge in [-0.05, 0) is 50.8 Å². The zero-order chi connectivity index (χ0) is 21.6. The highest BCUT2D eigenvalue weighted by Gasteiger charge is 2.25. The summed E-state index contributed by atoms with van der Waals surface area (Å²) in [6.45, 7) is 1.96. The van der Waals surface area contributed by atoms with Gasteiger partial charge in [0.25, 0.3) is 5.91 Å². The summed E-state index contributed by atoms with van der Waals surface area (Å²) in [5, 5.41) is 0. The Balaban J connectivity index is 2.14. The van der Waals surface area contributed by atoms with Gasteiger partial charge in [0, 0.05) is 26.3 Å². The van der Waals surface area contributed by atoms with Gasteiger partial charge in [-0.3, -0.25) is 4.79 Å². The molecule has 160 valence electrons. The molecule has 0 N–H and O–H groups in total. The second kappa shape index (κ2) is 9.89. The third kappa shape index (κ3) is 5.36. The van der Waals surface area contributed by atoms with Crippen molar-refractivity contribution in [2.24, 2.45) is 0 Å². The van der Waals surface area contributed by atoms with E-state index in [-0.39, 0.29) is 22.1 Å². The number of ether oxygens (including phenoxy) is 2. The van der Waals surface area contributed by atoms with Gasteiger partial charge in [0.05, 0.1) is 12.7 Å². The summed E-state index contributed by atoms with van der Waals surface area (Å²) in [5.41, 5.74) is 0.988. The average Bonchev–Trinajstić information content (AvgIpc) is 2.72. The van der Waals surface area contributed by atoms with Crippen LogP contribution >= 0.6 is 0 Å². The van der Waals surface area contributed by atoms with E-state index in [0.29, 0.717) is 6.54 Å². The average molecular weight is 425 g/mol. The number of esters is 1. The molecule has 1 amide bonds. The normalized spacial score (nSPS) is 14.3. The number of carbonyl (C=O) groups excluding carboxylic acids is 2. The molecule has 9 heteroatoms. The van der Waals surface area contributed by atoms with Crippen molar-refractivity contribution in [3.63, 3.8) is 0 Å². The van der Waals surface area contributed by atoms with Crippen molar-refractivity contribution < 1.29 is 27.5 Å². The van der Waals surface area contributed by atoms with Crippen molar-refractivity contribution in [3.05, 3.63) is 35.5 Å². The SMILES string of the molecule is CCN(C(=O)COC(=O)c1ccc(OC)c(S(=O)(=O)N(C)C)c1)C1=CCCCC1. The van der Waals surface area contributed by atoms with Gasteiger partial charge in [0.2, 0.25) is 10.0 Å². The highest BCUT2D eigenvalue weighted by atomic mass is 32.2. The van der Waals surface area contributed by atoms with E-state index in [1.807, 2.05) is 6.92 Å². The Bertz CT molecular complexity index is 892. The van der Waals surface area contributed by atoms with Crippen molar-refractivity contribution in [3.8, 4) is 5.75 Å². The Morgan fingerprint density at radius 1 is 1.17 bits per heavy atom. The summed E-state index contributed by atoms with van der Waals surface area (Å²) in [5.74, 6) is -0.957. The molecular formula is C20H28N2O6S. The van der Waals surface area contributed by atoms with E-state index in [1.54, 1.807) is 4.90 Å². The fourth-order valence-electron chi connectivity index (χ4n) is 3.10. The monoisotopic (exact) mass is 424 g/mol. The minimum Gasteiger partial charge on any atom is -0.495 e. The van der Waals surface area contributed by atoms with Crippen LogP contribution in [0.5, 0.6) is 5.75 Å². The molecule has 1 aromatic carbocycles. The minimum absolute atomic E-state index is 0.0268. The molecular weight excluding hydrogens is 396 g/mol. The number of carbonyl (C=O) groups is 2. The lowest BCUT2D eigenvalue weighted by atomic mass is 10.0. The maximum absolute atomic E-state index is 12.5. The summed E-state index contributed by atoms with van der Waals surface area (Å²) in [6.07, 6.45) is 5.96. The van der Waals surface area contributed by atoms with E-state index < -0.39 is 22.6 Å². The fraction of sp³-hybridized carbons (Fsp3) is 0.500. The maximum Gasteiger partial charge on any atom is 0.338 e. The lowest BCUT2D eigenvalue weighted by molar-refractivity contribution is -0.132. The van der Waals surface area contributed by atoms with Crippen molar-refractivity contribution >= 4 is 21.9 Å². The third-order valence-corrected chi connectivity index (χ3v) is 6.55. The van der Waals surface area contributed by atoms with Crippen LogP contribution in [-0.4, -0.2) is 63.9 Å². The zero-order valence-electron chi connectivity index (χ0n) is 17.3. The Morgan fingerprint density at radius 2 is 1.90 bits per heavy atom. The van der Waals surface area contributed by atoms with Crippen molar-refractivity contribution in [1.29, 1.82) is 0 Å². The molecule has 1 aliphatic carbocycles. The molecule has 0 unspecified atom stereocenters. The Labute approximate surface area is 172 Å². The number of hydrogen-bond donors (Lipinski definition) is 0. The number of methoxy groups -OCH3 is 1. The second-order valence-electron chi connectivity index (χ2n) is 6.81. The van der Waals surface area contributed by atoms with E-state index in [9.17, 15) is 18.0 Å². The van der Waals surface area contributed by atoms with Gasteiger partial charge in [0.1, 0.15) is 10.6 Å². The standard InChI is InChI=1S/C20H28N2O6S/c1-5-22(16-9-7-6-8-10-16)19(23)14-28-20(24)15-11-12-17(27-4)18(13-15)29(25,26)21(2)3/h9,11-13H,5-8,10,14H2,1-4H3. The van der Waals surface area contributed by atoms with Crippen molar-refractivity contribution in [2.45, 2.75) is 37.5 Å². The largest absolute Gasteiger partial charge is 0.495 e. The number of likely N-dealkylation sites (N-methyl/N-ethyl adjacent to an activating group) is 1. The zero-order valence-corrected chi connectivity index (χ0v) is 18.1. The molecule has 0 aliphatic heterocycles. The molecule has 1 aromatic rings. The summed E-state index contributed by atoms with van der Waals surface area (Å²) in [6, 6.07) is 3.99. The Kier molecular flexibility index (Phi) is 7.80. The van der Waals surface area contributed by atoms with Crippen LogP contribution in [-0.2, 0) is 19.6 Å². The van der Waals surface area contributed by atoms with E-state index in [1.165, 1.54) is 39.4 Å². The third-order valence-electron chi connectivity index (χ3n) is 4.72. The van der Waals surface area contributed by atoms with Crippen molar-refractivity contribution in [1.82, 2.24) is 9.21 Å². The summed E-state index contributed by atoms with van der Waals surface area (Å²) in [7, 11) is 0.299.